The summed E-state index contributed by atoms with van der Waals surface area (Å²) in [7, 11) is 0. The van der Waals surface area contributed by atoms with Crippen LogP contribution in [0.25, 0.3) is 0 Å². The topological polar surface area (TPSA) is 65.0 Å². The second kappa shape index (κ2) is 6.18. The molecule has 1 aliphatic heterocycles. The summed E-state index contributed by atoms with van der Waals surface area (Å²) in [5, 5.41) is 10.8. The molecule has 1 aliphatic rings. The average molecular weight is 292 g/mol. The monoisotopic (exact) mass is 292 g/mol. The van der Waals surface area contributed by atoms with Crippen LogP contribution in [0.2, 0.25) is 0 Å². The number of fused-ring (bicyclic) bond motifs is 1. The summed E-state index contributed by atoms with van der Waals surface area (Å²) in [5.41, 5.74) is -0.282. The quantitative estimate of drug-likeness (QED) is 0.667. The van der Waals surface area contributed by atoms with E-state index in [0.717, 1.165) is 5.57 Å². The summed E-state index contributed by atoms with van der Waals surface area (Å²) < 4.78 is 15.6. The molecule has 114 valence electrons. The van der Waals surface area contributed by atoms with E-state index in [0.29, 0.717) is 17.1 Å². The molecule has 0 aliphatic carbocycles. The van der Waals surface area contributed by atoms with Gasteiger partial charge < -0.3 is 19.3 Å². The Labute approximate surface area is 124 Å². The van der Waals surface area contributed by atoms with Crippen molar-refractivity contribution in [2.75, 3.05) is 13.4 Å². The van der Waals surface area contributed by atoms with Gasteiger partial charge in [0.25, 0.3) is 0 Å². The summed E-state index contributed by atoms with van der Waals surface area (Å²) in [6.45, 7) is 5.88. The smallest absolute Gasteiger partial charge is 0.343 e. The Hall–Kier alpha value is -2.01. The van der Waals surface area contributed by atoms with Crippen LogP contribution >= 0.6 is 0 Å². The van der Waals surface area contributed by atoms with Crippen LogP contribution < -0.4 is 9.47 Å². The number of ether oxygens (including phenoxy) is 3. The van der Waals surface area contributed by atoms with Crippen LogP contribution in [0.5, 0.6) is 11.5 Å². The van der Waals surface area contributed by atoms with Gasteiger partial charge in [0.2, 0.25) is 6.79 Å². The summed E-state index contributed by atoms with van der Waals surface area (Å²) >= 11 is 0. The first-order valence-corrected chi connectivity index (χ1v) is 6.90. The molecule has 0 saturated carbocycles. The molecule has 0 saturated heterocycles. The molecule has 5 heteroatoms. The van der Waals surface area contributed by atoms with Crippen LogP contribution in [0, 0.1) is 0 Å². The molecule has 1 N–H and O–H groups in total. The van der Waals surface area contributed by atoms with Crippen molar-refractivity contribution in [1.82, 2.24) is 0 Å². The van der Waals surface area contributed by atoms with E-state index in [9.17, 15) is 9.90 Å². The largest absolute Gasteiger partial charge is 0.464 e. The van der Waals surface area contributed by atoms with Crippen molar-refractivity contribution in [3.8, 4) is 11.5 Å². The zero-order chi connectivity index (χ0) is 15.5. The van der Waals surface area contributed by atoms with Crippen LogP contribution in [-0.4, -0.2) is 24.5 Å². The van der Waals surface area contributed by atoms with E-state index < -0.39 is 11.6 Å². The van der Waals surface area contributed by atoms with Crippen molar-refractivity contribution in [3.05, 3.63) is 35.4 Å². The standard InChI is InChI=1S/C16H20O5/c1-4-19-15(17)16(18,8-7-11(2)3)12-5-6-13-14(9-12)21-10-20-13/h5-7,9,18H,4,8,10H2,1-3H3. The molecule has 1 aromatic carbocycles. The van der Waals surface area contributed by atoms with Crippen molar-refractivity contribution < 1.29 is 24.1 Å². The van der Waals surface area contributed by atoms with Gasteiger partial charge in [-0.25, -0.2) is 4.79 Å². The lowest BCUT2D eigenvalue weighted by atomic mass is 9.89. The van der Waals surface area contributed by atoms with Gasteiger partial charge in [-0.15, -0.1) is 0 Å². The molecule has 0 amide bonds. The van der Waals surface area contributed by atoms with Crippen molar-refractivity contribution in [2.45, 2.75) is 32.8 Å². The van der Waals surface area contributed by atoms with E-state index in [-0.39, 0.29) is 19.8 Å². The van der Waals surface area contributed by atoms with Crippen molar-refractivity contribution >= 4 is 5.97 Å². The second-order valence-electron chi connectivity index (χ2n) is 5.13. The average Bonchev–Trinajstić information content (AvgIpc) is 2.92. The van der Waals surface area contributed by atoms with Crippen LogP contribution in [0.15, 0.2) is 29.8 Å². The number of aliphatic hydroxyl groups is 1. The molecule has 1 aromatic rings. The molecule has 1 atom stereocenters. The number of hydrogen-bond donors (Lipinski definition) is 1. The van der Waals surface area contributed by atoms with Gasteiger partial charge >= 0.3 is 5.97 Å². The number of allylic oxidation sites excluding steroid dienone is 1. The minimum Gasteiger partial charge on any atom is -0.464 e. The minimum absolute atomic E-state index is 0.143. The molecule has 1 unspecified atom stereocenters. The van der Waals surface area contributed by atoms with Gasteiger partial charge in [-0.2, -0.15) is 0 Å². The lowest BCUT2D eigenvalue weighted by Crippen LogP contribution is -2.37. The maximum Gasteiger partial charge on any atom is 0.343 e. The summed E-state index contributed by atoms with van der Waals surface area (Å²) in [4.78, 5) is 12.2. The predicted octanol–water partition coefficient (Wildman–Crippen LogP) is 2.52. The summed E-state index contributed by atoms with van der Waals surface area (Å²) in [6, 6.07) is 4.96. The molecular formula is C16H20O5. The van der Waals surface area contributed by atoms with Gasteiger partial charge in [-0.05, 0) is 38.5 Å². The fourth-order valence-electron chi connectivity index (χ4n) is 2.08. The maximum atomic E-state index is 12.2. The van der Waals surface area contributed by atoms with E-state index in [1.54, 1.807) is 25.1 Å². The number of hydrogen-bond acceptors (Lipinski definition) is 5. The van der Waals surface area contributed by atoms with Gasteiger partial charge in [0.05, 0.1) is 6.61 Å². The Kier molecular flexibility index (Phi) is 4.53. The third kappa shape index (κ3) is 3.19. The molecule has 1 heterocycles. The molecule has 5 nitrogen and oxygen atoms in total. The van der Waals surface area contributed by atoms with E-state index in [2.05, 4.69) is 0 Å². The highest BCUT2D eigenvalue weighted by Crippen LogP contribution is 2.37. The normalized spacial score (nSPS) is 15.2. The highest BCUT2D eigenvalue weighted by atomic mass is 16.7. The van der Waals surface area contributed by atoms with E-state index in [1.807, 2.05) is 19.9 Å². The van der Waals surface area contributed by atoms with Gasteiger partial charge in [0.1, 0.15) is 0 Å². The molecule has 0 fully saturated rings. The highest BCUT2D eigenvalue weighted by Gasteiger charge is 2.39. The molecular weight excluding hydrogens is 272 g/mol. The van der Waals surface area contributed by atoms with Crippen LogP contribution in [0.1, 0.15) is 32.8 Å². The summed E-state index contributed by atoms with van der Waals surface area (Å²) in [6.07, 6.45) is 1.95. The highest BCUT2D eigenvalue weighted by molar-refractivity contribution is 5.81. The lowest BCUT2D eigenvalue weighted by molar-refractivity contribution is -0.166. The predicted molar refractivity (Wildman–Crippen MR) is 77.1 cm³/mol. The Morgan fingerprint density at radius 1 is 1.38 bits per heavy atom. The van der Waals surface area contributed by atoms with Gasteiger partial charge in [0.15, 0.2) is 17.1 Å². The van der Waals surface area contributed by atoms with Gasteiger partial charge in [-0.1, -0.05) is 17.7 Å². The Morgan fingerprint density at radius 2 is 2.10 bits per heavy atom. The second-order valence-corrected chi connectivity index (χ2v) is 5.13. The van der Waals surface area contributed by atoms with E-state index >= 15 is 0 Å². The molecule has 0 bridgehead atoms. The molecule has 0 spiro atoms. The SMILES string of the molecule is CCOC(=O)C(O)(CC=C(C)C)c1ccc2c(c1)OCO2. The minimum atomic E-state index is -1.73. The molecule has 2 rings (SSSR count). The Bertz CT molecular complexity index is 560. The zero-order valence-electron chi connectivity index (χ0n) is 12.5. The third-order valence-electron chi connectivity index (χ3n) is 3.27. The first-order valence-electron chi connectivity index (χ1n) is 6.90. The number of carbonyl (C=O) groups is 1. The number of benzene rings is 1. The van der Waals surface area contributed by atoms with Crippen LogP contribution in [0.4, 0.5) is 0 Å². The van der Waals surface area contributed by atoms with Gasteiger partial charge in [-0.3, -0.25) is 0 Å². The number of carbonyl (C=O) groups excluding carboxylic acids is 1. The molecule has 0 radical (unpaired) electrons. The van der Waals surface area contributed by atoms with Crippen molar-refractivity contribution in [1.29, 1.82) is 0 Å². The van der Waals surface area contributed by atoms with Crippen LogP contribution in [-0.2, 0) is 15.1 Å². The summed E-state index contributed by atoms with van der Waals surface area (Å²) in [5.74, 6) is 0.459. The number of esters is 1. The first-order chi connectivity index (χ1) is 9.97. The molecule has 21 heavy (non-hydrogen) atoms. The first kappa shape index (κ1) is 15.4. The van der Waals surface area contributed by atoms with E-state index in [4.69, 9.17) is 14.2 Å². The van der Waals surface area contributed by atoms with Crippen molar-refractivity contribution in [3.63, 3.8) is 0 Å². The van der Waals surface area contributed by atoms with Gasteiger partial charge in [0, 0.05) is 6.42 Å². The van der Waals surface area contributed by atoms with Crippen LogP contribution in [0.3, 0.4) is 0 Å². The number of rotatable bonds is 5. The van der Waals surface area contributed by atoms with Crippen molar-refractivity contribution in [2.24, 2.45) is 0 Å². The van der Waals surface area contributed by atoms with E-state index in [1.165, 1.54) is 0 Å². The molecule has 0 aromatic heterocycles. The fraction of sp³-hybridized carbons (Fsp3) is 0.438. The third-order valence-corrected chi connectivity index (χ3v) is 3.27. The lowest BCUT2D eigenvalue weighted by Gasteiger charge is -2.25. The Balaban J connectivity index is 2.38. The zero-order valence-corrected chi connectivity index (χ0v) is 12.5. The Morgan fingerprint density at radius 3 is 2.76 bits per heavy atom. The maximum absolute atomic E-state index is 12.2. The fourth-order valence-corrected chi connectivity index (χ4v) is 2.08.